The Bertz CT molecular complexity index is 898. The second kappa shape index (κ2) is 8.96. The highest BCUT2D eigenvalue weighted by Gasteiger charge is 2.46. The third-order valence-corrected chi connectivity index (χ3v) is 5.74. The Morgan fingerprint density at radius 3 is 2.80 bits per heavy atom. The largest absolute Gasteiger partial charge is 0.361 e. The molecule has 1 saturated heterocycles. The molecule has 0 radical (unpaired) electrons. The van der Waals surface area contributed by atoms with E-state index in [-0.39, 0.29) is 17.9 Å². The molecule has 4 rings (SSSR count). The van der Waals surface area contributed by atoms with Crippen LogP contribution in [0.3, 0.4) is 0 Å². The van der Waals surface area contributed by atoms with Crippen LogP contribution in [-0.4, -0.2) is 53.0 Å². The molecule has 2 aromatic rings. The summed E-state index contributed by atoms with van der Waals surface area (Å²) in [4.78, 5) is 31.8. The van der Waals surface area contributed by atoms with Crippen molar-refractivity contribution in [1.82, 2.24) is 15.2 Å². The van der Waals surface area contributed by atoms with Crippen LogP contribution >= 0.6 is 0 Å². The third kappa shape index (κ3) is 4.70. The highest BCUT2D eigenvalue weighted by molar-refractivity contribution is 5.88. The van der Waals surface area contributed by atoms with Gasteiger partial charge in [-0.1, -0.05) is 37.3 Å². The van der Waals surface area contributed by atoms with Crippen LogP contribution in [0.4, 0.5) is 0 Å². The molecule has 1 unspecified atom stereocenters. The molecule has 6 nitrogen and oxygen atoms in total. The predicted octanol–water partition coefficient (Wildman–Crippen LogP) is 2.97. The van der Waals surface area contributed by atoms with E-state index in [4.69, 9.17) is 4.74 Å². The number of aromatic nitrogens is 1. The SMILES string of the molecule is CCCC(=O)N1CCOC(Cc2cccc(-c3cccnc3)c2)(C(=O)NC2CC2)C1. The van der Waals surface area contributed by atoms with Crippen molar-refractivity contribution in [3.8, 4) is 11.1 Å². The van der Waals surface area contributed by atoms with E-state index in [1.54, 1.807) is 11.1 Å². The van der Waals surface area contributed by atoms with Crippen LogP contribution < -0.4 is 5.32 Å². The van der Waals surface area contributed by atoms with Gasteiger partial charge in [-0.2, -0.15) is 0 Å². The number of benzene rings is 1. The number of carbonyl (C=O) groups excluding carboxylic acids is 2. The van der Waals surface area contributed by atoms with E-state index in [2.05, 4.69) is 16.4 Å². The summed E-state index contributed by atoms with van der Waals surface area (Å²) in [5.74, 6) is -0.0145. The highest BCUT2D eigenvalue weighted by Crippen LogP contribution is 2.29. The Kier molecular flexibility index (Phi) is 6.13. The summed E-state index contributed by atoms with van der Waals surface area (Å²) in [5, 5.41) is 3.11. The first-order valence-corrected chi connectivity index (χ1v) is 10.8. The molecule has 1 aliphatic heterocycles. The number of amides is 2. The van der Waals surface area contributed by atoms with Crippen LogP contribution in [0.25, 0.3) is 11.1 Å². The zero-order valence-corrected chi connectivity index (χ0v) is 17.5. The van der Waals surface area contributed by atoms with Crippen LogP contribution in [0.5, 0.6) is 0 Å². The molecule has 1 aromatic carbocycles. The maximum Gasteiger partial charge on any atom is 0.254 e. The van der Waals surface area contributed by atoms with E-state index < -0.39 is 5.60 Å². The van der Waals surface area contributed by atoms with Gasteiger partial charge in [-0.15, -0.1) is 0 Å². The lowest BCUT2D eigenvalue weighted by molar-refractivity contribution is -0.166. The van der Waals surface area contributed by atoms with E-state index in [0.29, 0.717) is 32.5 Å². The number of nitrogens with one attached hydrogen (secondary N) is 1. The summed E-state index contributed by atoms with van der Waals surface area (Å²) in [6.07, 6.45) is 7.32. The smallest absolute Gasteiger partial charge is 0.254 e. The van der Waals surface area contributed by atoms with Crippen LogP contribution in [-0.2, 0) is 20.7 Å². The van der Waals surface area contributed by atoms with Gasteiger partial charge in [0.1, 0.15) is 0 Å². The first kappa shape index (κ1) is 20.5. The summed E-state index contributed by atoms with van der Waals surface area (Å²) >= 11 is 0. The van der Waals surface area contributed by atoms with Crippen molar-refractivity contribution in [2.24, 2.45) is 0 Å². The van der Waals surface area contributed by atoms with Gasteiger partial charge in [0.25, 0.3) is 5.91 Å². The van der Waals surface area contributed by atoms with Crippen molar-refractivity contribution in [3.63, 3.8) is 0 Å². The summed E-state index contributed by atoms with van der Waals surface area (Å²) in [5.41, 5.74) is 2.03. The normalized spacial score (nSPS) is 21.3. The standard InChI is InChI=1S/C24H29N3O3/c1-2-5-22(28)27-12-13-30-24(17-27,23(29)26-21-9-10-21)15-18-6-3-7-19(14-18)20-8-4-11-25-16-20/h3-4,6-8,11,14,16,21H,2,5,9-10,12-13,15,17H2,1H3,(H,26,29). The van der Waals surface area contributed by atoms with Gasteiger partial charge < -0.3 is 15.0 Å². The molecule has 0 bridgehead atoms. The average molecular weight is 408 g/mol. The number of morpholine rings is 1. The first-order valence-electron chi connectivity index (χ1n) is 10.8. The minimum Gasteiger partial charge on any atom is -0.361 e. The van der Waals surface area contributed by atoms with E-state index in [0.717, 1.165) is 36.0 Å². The molecule has 6 heteroatoms. The van der Waals surface area contributed by atoms with E-state index in [1.807, 2.05) is 43.5 Å². The zero-order valence-electron chi connectivity index (χ0n) is 17.5. The van der Waals surface area contributed by atoms with Crippen LogP contribution in [0.15, 0.2) is 48.8 Å². The zero-order chi connectivity index (χ0) is 21.0. The molecule has 2 amide bonds. The Labute approximate surface area is 177 Å². The van der Waals surface area contributed by atoms with Gasteiger partial charge in [-0.05, 0) is 42.0 Å². The van der Waals surface area contributed by atoms with Gasteiger partial charge in [0, 0.05) is 37.8 Å². The Morgan fingerprint density at radius 2 is 2.07 bits per heavy atom. The summed E-state index contributed by atoms with van der Waals surface area (Å²) < 4.78 is 6.15. The fourth-order valence-corrected chi connectivity index (χ4v) is 3.96. The fourth-order valence-electron chi connectivity index (χ4n) is 3.96. The monoisotopic (exact) mass is 407 g/mol. The Balaban J connectivity index is 1.60. The Morgan fingerprint density at radius 1 is 1.23 bits per heavy atom. The van der Waals surface area contributed by atoms with E-state index in [9.17, 15) is 9.59 Å². The molecule has 0 spiro atoms. The van der Waals surface area contributed by atoms with Crippen molar-refractivity contribution < 1.29 is 14.3 Å². The van der Waals surface area contributed by atoms with E-state index in [1.165, 1.54) is 0 Å². The molecule has 1 aromatic heterocycles. The van der Waals surface area contributed by atoms with Gasteiger partial charge in [-0.3, -0.25) is 14.6 Å². The number of hydrogen-bond acceptors (Lipinski definition) is 4. The maximum absolute atomic E-state index is 13.3. The van der Waals surface area contributed by atoms with E-state index >= 15 is 0 Å². The second-order valence-corrected chi connectivity index (χ2v) is 8.27. The minimum absolute atomic E-state index is 0.0912. The van der Waals surface area contributed by atoms with Crippen molar-refractivity contribution in [2.75, 3.05) is 19.7 Å². The van der Waals surface area contributed by atoms with Crippen LogP contribution in [0.2, 0.25) is 0 Å². The van der Waals surface area contributed by atoms with Crippen molar-refractivity contribution in [1.29, 1.82) is 0 Å². The molecule has 1 atom stereocenters. The minimum atomic E-state index is -1.06. The van der Waals surface area contributed by atoms with Gasteiger partial charge in [0.2, 0.25) is 5.91 Å². The lowest BCUT2D eigenvalue weighted by Gasteiger charge is -2.42. The number of pyridine rings is 1. The molecular weight excluding hydrogens is 378 g/mol. The lowest BCUT2D eigenvalue weighted by atomic mass is 9.89. The maximum atomic E-state index is 13.3. The third-order valence-electron chi connectivity index (χ3n) is 5.74. The molecule has 30 heavy (non-hydrogen) atoms. The lowest BCUT2D eigenvalue weighted by Crippen LogP contribution is -2.62. The Hall–Kier alpha value is -2.73. The molecule has 1 saturated carbocycles. The average Bonchev–Trinajstić information content (AvgIpc) is 3.59. The van der Waals surface area contributed by atoms with Crippen LogP contribution in [0.1, 0.15) is 38.2 Å². The van der Waals surface area contributed by atoms with Crippen molar-refractivity contribution >= 4 is 11.8 Å². The molecule has 2 fully saturated rings. The highest BCUT2D eigenvalue weighted by atomic mass is 16.5. The number of rotatable bonds is 7. The molecular formula is C24H29N3O3. The van der Waals surface area contributed by atoms with Gasteiger partial charge in [0.05, 0.1) is 13.2 Å². The quantitative estimate of drug-likeness (QED) is 0.766. The van der Waals surface area contributed by atoms with Gasteiger partial charge >= 0.3 is 0 Å². The predicted molar refractivity (Wildman–Crippen MR) is 115 cm³/mol. The van der Waals surface area contributed by atoms with Crippen LogP contribution in [0, 0.1) is 0 Å². The number of nitrogens with zero attached hydrogens (tertiary/aromatic N) is 2. The summed E-state index contributed by atoms with van der Waals surface area (Å²) in [7, 11) is 0. The summed E-state index contributed by atoms with van der Waals surface area (Å²) in [6.45, 7) is 3.19. The fraction of sp³-hybridized carbons (Fsp3) is 0.458. The van der Waals surface area contributed by atoms with Crippen molar-refractivity contribution in [3.05, 3.63) is 54.4 Å². The van der Waals surface area contributed by atoms with Gasteiger partial charge in [-0.25, -0.2) is 0 Å². The van der Waals surface area contributed by atoms with Gasteiger partial charge in [0.15, 0.2) is 5.60 Å². The topological polar surface area (TPSA) is 71.5 Å². The number of carbonyl (C=O) groups is 2. The molecule has 1 N–H and O–H groups in total. The molecule has 2 aliphatic rings. The molecule has 2 heterocycles. The first-order chi connectivity index (χ1) is 14.6. The number of hydrogen-bond donors (Lipinski definition) is 1. The number of ether oxygens (including phenoxy) is 1. The second-order valence-electron chi connectivity index (χ2n) is 8.27. The van der Waals surface area contributed by atoms with Crippen molar-refractivity contribution in [2.45, 2.75) is 50.7 Å². The molecule has 158 valence electrons. The summed E-state index contributed by atoms with van der Waals surface area (Å²) in [6, 6.07) is 12.3. The molecule has 1 aliphatic carbocycles.